The molecule has 0 bridgehead atoms. The number of primary amides is 1. The number of nitrogens with one attached hydrogen (secondary N) is 1. The molecule has 2 heterocycles. The van der Waals surface area contributed by atoms with Gasteiger partial charge in [0.2, 0.25) is 5.91 Å². The Bertz CT molecular complexity index is 893. The van der Waals surface area contributed by atoms with Crippen LogP contribution in [-0.4, -0.2) is 63.1 Å². The summed E-state index contributed by atoms with van der Waals surface area (Å²) >= 11 is 0. The molecule has 31 heavy (non-hydrogen) atoms. The highest BCUT2D eigenvalue weighted by molar-refractivity contribution is 5.79. The van der Waals surface area contributed by atoms with Crippen molar-refractivity contribution in [2.45, 2.75) is 39.4 Å². The molecule has 1 aromatic carbocycles. The summed E-state index contributed by atoms with van der Waals surface area (Å²) in [6.07, 6.45) is 3.48. The maximum absolute atomic E-state index is 11.5. The quantitative estimate of drug-likeness (QED) is 0.484. The predicted molar refractivity (Wildman–Crippen MR) is 121 cm³/mol. The predicted octanol–water partition coefficient (Wildman–Crippen LogP) is 1.11. The third-order valence-corrected chi connectivity index (χ3v) is 5.60. The number of amides is 1. The van der Waals surface area contributed by atoms with Crippen LogP contribution in [0.5, 0.6) is 0 Å². The number of aryl methyl sites for hydroxylation is 1. The Kier molecular flexibility index (Phi) is 8.00. The smallest absolute Gasteiger partial charge is 0.221 e. The zero-order valence-electron chi connectivity index (χ0n) is 18.8. The van der Waals surface area contributed by atoms with E-state index in [0.29, 0.717) is 13.1 Å². The van der Waals surface area contributed by atoms with E-state index in [-0.39, 0.29) is 11.8 Å². The Morgan fingerprint density at radius 2 is 2.19 bits per heavy atom. The Labute approximate surface area is 184 Å². The van der Waals surface area contributed by atoms with Crippen LogP contribution in [0.15, 0.2) is 35.6 Å². The summed E-state index contributed by atoms with van der Waals surface area (Å²) in [4.78, 5) is 25.0. The van der Waals surface area contributed by atoms with Gasteiger partial charge in [-0.1, -0.05) is 24.3 Å². The van der Waals surface area contributed by atoms with Crippen LogP contribution in [0.1, 0.15) is 36.7 Å². The lowest BCUT2D eigenvalue weighted by Crippen LogP contribution is -2.40. The van der Waals surface area contributed by atoms with Gasteiger partial charge in [-0.05, 0) is 37.4 Å². The van der Waals surface area contributed by atoms with Crippen molar-refractivity contribution < 1.29 is 4.79 Å². The van der Waals surface area contributed by atoms with Crippen LogP contribution in [0.4, 0.5) is 0 Å². The minimum Gasteiger partial charge on any atom is -0.369 e. The number of hydrogen-bond donors (Lipinski definition) is 2. The van der Waals surface area contributed by atoms with Crippen LogP contribution in [0.3, 0.4) is 0 Å². The molecule has 1 unspecified atom stereocenters. The van der Waals surface area contributed by atoms with E-state index in [0.717, 1.165) is 56.4 Å². The molecule has 1 saturated heterocycles. The van der Waals surface area contributed by atoms with Gasteiger partial charge in [0, 0.05) is 33.7 Å². The fourth-order valence-corrected chi connectivity index (χ4v) is 3.90. The maximum Gasteiger partial charge on any atom is 0.221 e. The van der Waals surface area contributed by atoms with Gasteiger partial charge < -0.3 is 16.0 Å². The Morgan fingerprint density at radius 1 is 1.39 bits per heavy atom. The lowest BCUT2D eigenvalue weighted by molar-refractivity contribution is -0.123. The first-order valence-electron chi connectivity index (χ1n) is 10.9. The Balaban J connectivity index is 1.63. The summed E-state index contributed by atoms with van der Waals surface area (Å²) in [6.45, 7) is 6.63. The van der Waals surface area contributed by atoms with Gasteiger partial charge in [0.1, 0.15) is 12.2 Å². The summed E-state index contributed by atoms with van der Waals surface area (Å²) in [5.74, 6) is 1.49. The first-order valence-corrected chi connectivity index (χ1v) is 10.9. The Morgan fingerprint density at radius 3 is 2.90 bits per heavy atom. The molecule has 9 heteroatoms. The van der Waals surface area contributed by atoms with Crippen molar-refractivity contribution >= 4 is 11.9 Å². The van der Waals surface area contributed by atoms with Gasteiger partial charge in [-0.2, -0.15) is 5.10 Å². The zero-order chi connectivity index (χ0) is 22.2. The Hall–Kier alpha value is -2.94. The lowest BCUT2D eigenvalue weighted by Gasteiger charge is -2.31. The summed E-state index contributed by atoms with van der Waals surface area (Å²) in [7, 11) is 3.89. The van der Waals surface area contributed by atoms with E-state index in [4.69, 9.17) is 10.7 Å². The molecule has 168 valence electrons. The molecule has 1 fully saturated rings. The number of benzene rings is 1. The first-order chi connectivity index (χ1) is 15.0. The molecule has 0 radical (unpaired) electrons. The van der Waals surface area contributed by atoms with E-state index < -0.39 is 0 Å². The van der Waals surface area contributed by atoms with Gasteiger partial charge in [0.05, 0.1) is 19.0 Å². The molecule has 1 aliphatic heterocycles. The molecule has 0 aliphatic carbocycles. The molecular formula is C22H34N8O. The normalized spacial score (nSPS) is 17.5. The number of carbonyl (C=O) groups excluding carboxylic acids is 1. The second-order valence-corrected chi connectivity index (χ2v) is 8.12. The lowest BCUT2D eigenvalue weighted by atomic mass is 9.97. The van der Waals surface area contributed by atoms with Crippen LogP contribution in [0, 0.1) is 5.92 Å². The highest BCUT2D eigenvalue weighted by atomic mass is 16.1. The number of nitrogens with zero attached hydrogens (tertiary/aromatic N) is 6. The number of rotatable bonds is 8. The average molecular weight is 427 g/mol. The van der Waals surface area contributed by atoms with Gasteiger partial charge in [-0.3, -0.25) is 14.4 Å². The standard InChI is InChI=1S/C22H34N8O/c1-4-24-22(28(2)15-20-26-16-27-29(20)3)25-12-17-7-5-8-18(11-17)13-30-10-6-9-19(14-30)21(23)31/h5,7-8,11,16,19H,4,6,9-10,12-15H2,1-3H3,(H2,23,31)(H,24,25). The number of likely N-dealkylation sites (tertiary alicyclic amines) is 1. The zero-order valence-corrected chi connectivity index (χ0v) is 18.8. The van der Waals surface area contributed by atoms with Crippen molar-refractivity contribution in [3.05, 3.63) is 47.5 Å². The number of carbonyl (C=O) groups is 1. The number of aromatic nitrogens is 3. The molecule has 1 amide bonds. The highest BCUT2D eigenvalue weighted by Crippen LogP contribution is 2.19. The van der Waals surface area contributed by atoms with E-state index in [1.165, 1.54) is 5.56 Å². The second-order valence-electron chi connectivity index (χ2n) is 8.12. The van der Waals surface area contributed by atoms with E-state index in [1.807, 2.05) is 14.1 Å². The van der Waals surface area contributed by atoms with E-state index in [1.54, 1.807) is 11.0 Å². The van der Waals surface area contributed by atoms with Gasteiger partial charge in [-0.25, -0.2) is 9.98 Å². The van der Waals surface area contributed by atoms with Crippen LogP contribution in [0.25, 0.3) is 0 Å². The van der Waals surface area contributed by atoms with Gasteiger partial charge in [-0.15, -0.1) is 0 Å². The number of nitrogens with two attached hydrogens (primary N) is 1. The first kappa shape index (κ1) is 22.7. The van der Waals surface area contributed by atoms with Crippen molar-refractivity contribution in [2.75, 3.05) is 26.7 Å². The van der Waals surface area contributed by atoms with E-state index in [9.17, 15) is 4.79 Å². The third-order valence-electron chi connectivity index (χ3n) is 5.60. The molecule has 3 rings (SSSR count). The van der Waals surface area contributed by atoms with Crippen molar-refractivity contribution in [1.82, 2.24) is 29.9 Å². The van der Waals surface area contributed by atoms with Crippen LogP contribution in [0.2, 0.25) is 0 Å². The molecule has 0 saturated carbocycles. The summed E-state index contributed by atoms with van der Waals surface area (Å²) < 4.78 is 1.77. The SMILES string of the molecule is CCNC(=NCc1cccc(CN2CCCC(C(N)=O)C2)c1)N(C)Cc1ncnn1C. The van der Waals surface area contributed by atoms with Crippen molar-refractivity contribution in [3.63, 3.8) is 0 Å². The molecule has 9 nitrogen and oxygen atoms in total. The topological polar surface area (TPSA) is 105 Å². The van der Waals surface area contributed by atoms with E-state index in [2.05, 4.69) is 56.4 Å². The highest BCUT2D eigenvalue weighted by Gasteiger charge is 2.23. The minimum atomic E-state index is -0.186. The summed E-state index contributed by atoms with van der Waals surface area (Å²) in [5, 5.41) is 7.48. The molecular weight excluding hydrogens is 392 g/mol. The number of aliphatic imine (C=N–C) groups is 1. The summed E-state index contributed by atoms with van der Waals surface area (Å²) in [6, 6.07) is 8.50. The maximum atomic E-state index is 11.5. The molecule has 2 aromatic rings. The monoisotopic (exact) mass is 426 g/mol. The van der Waals surface area contributed by atoms with Gasteiger partial charge >= 0.3 is 0 Å². The van der Waals surface area contributed by atoms with Crippen LogP contribution >= 0.6 is 0 Å². The van der Waals surface area contributed by atoms with Crippen molar-refractivity contribution in [1.29, 1.82) is 0 Å². The van der Waals surface area contributed by atoms with E-state index >= 15 is 0 Å². The summed E-state index contributed by atoms with van der Waals surface area (Å²) in [5.41, 5.74) is 7.90. The number of hydrogen-bond acceptors (Lipinski definition) is 5. The third kappa shape index (κ3) is 6.52. The fourth-order valence-electron chi connectivity index (χ4n) is 3.90. The van der Waals surface area contributed by atoms with Crippen LogP contribution < -0.4 is 11.1 Å². The fraction of sp³-hybridized carbons (Fsp3) is 0.545. The second kappa shape index (κ2) is 10.9. The van der Waals surface area contributed by atoms with Crippen molar-refractivity contribution in [2.24, 2.45) is 23.7 Å². The molecule has 1 aliphatic rings. The molecule has 3 N–H and O–H groups in total. The van der Waals surface area contributed by atoms with Crippen LogP contribution in [-0.2, 0) is 31.5 Å². The largest absolute Gasteiger partial charge is 0.369 e. The molecule has 1 atom stereocenters. The average Bonchev–Trinajstić information content (AvgIpc) is 3.15. The number of guanidine groups is 1. The van der Waals surface area contributed by atoms with Gasteiger partial charge in [0.25, 0.3) is 0 Å². The number of piperidine rings is 1. The van der Waals surface area contributed by atoms with Crippen molar-refractivity contribution in [3.8, 4) is 0 Å². The minimum absolute atomic E-state index is 0.0336. The molecule has 1 aromatic heterocycles. The molecule has 0 spiro atoms. The van der Waals surface area contributed by atoms with Gasteiger partial charge in [0.15, 0.2) is 5.96 Å².